The van der Waals surface area contributed by atoms with Crippen LogP contribution in [0.1, 0.15) is 57.4 Å². The van der Waals surface area contributed by atoms with Crippen molar-refractivity contribution < 1.29 is 19.1 Å². The second kappa shape index (κ2) is 11.7. The van der Waals surface area contributed by atoms with E-state index in [4.69, 9.17) is 24.2 Å². The molecule has 216 valence electrons. The van der Waals surface area contributed by atoms with Crippen LogP contribution in [0.3, 0.4) is 0 Å². The molecule has 0 radical (unpaired) electrons. The number of nitrogens with zero attached hydrogens (tertiary/aromatic N) is 8. The lowest BCUT2D eigenvalue weighted by Crippen LogP contribution is -2.36. The highest BCUT2D eigenvalue weighted by molar-refractivity contribution is 5.87. The third kappa shape index (κ3) is 5.67. The van der Waals surface area contributed by atoms with E-state index < -0.39 is 11.0 Å². The molecular formula is C28H34N8O5. The number of nitro groups is 1. The van der Waals surface area contributed by atoms with Crippen molar-refractivity contribution in [1.82, 2.24) is 29.1 Å². The van der Waals surface area contributed by atoms with Crippen LogP contribution in [0.15, 0.2) is 43.2 Å². The first kappa shape index (κ1) is 26.9. The van der Waals surface area contributed by atoms with E-state index in [-0.39, 0.29) is 12.1 Å². The van der Waals surface area contributed by atoms with Crippen molar-refractivity contribution in [1.29, 1.82) is 0 Å². The average molecular weight is 563 g/mol. The quantitative estimate of drug-likeness (QED) is 0.212. The smallest absolute Gasteiger partial charge is 0.434 e. The van der Waals surface area contributed by atoms with E-state index in [0.717, 1.165) is 55.5 Å². The van der Waals surface area contributed by atoms with Crippen molar-refractivity contribution in [3.8, 4) is 11.6 Å². The van der Waals surface area contributed by atoms with Crippen molar-refractivity contribution in [2.75, 3.05) is 31.2 Å². The normalized spacial score (nSPS) is 20.2. The van der Waals surface area contributed by atoms with Gasteiger partial charge in [0.25, 0.3) is 0 Å². The third-order valence-electron chi connectivity index (χ3n) is 7.88. The number of rotatable bonds is 9. The van der Waals surface area contributed by atoms with E-state index in [1.807, 2.05) is 44.7 Å². The Labute approximate surface area is 237 Å². The van der Waals surface area contributed by atoms with Crippen LogP contribution in [0.4, 0.5) is 11.8 Å². The number of hydrogen-bond donors (Lipinski definition) is 0. The van der Waals surface area contributed by atoms with Gasteiger partial charge in [-0.05, 0) is 50.5 Å². The van der Waals surface area contributed by atoms with Crippen LogP contribution in [-0.2, 0) is 11.3 Å². The Kier molecular flexibility index (Phi) is 7.68. The minimum atomic E-state index is -0.487. The summed E-state index contributed by atoms with van der Waals surface area (Å²) in [5.74, 6) is 1.67. The summed E-state index contributed by atoms with van der Waals surface area (Å²) >= 11 is 0. The van der Waals surface area contributed by atoms with Crippen molar-refractivity contribution in [2.24, 2.45) is 0 Å². The molecule has 0 spiro atoms. The Balaban J connectivity index is 1.27. The van der Waals surface area contributed by atoms with E-state index in [1.165, 1.54) is 6.20 Å². The Morgan fingerprint density at radius 1 is 1.15 bits per heavy atom. The van der Waals surface area contributed by atoms with Crippen molar-refractivity contribution in [3.63, 3.8) is 0 Å². The summed E-state index contributed by atoms with van der Waals surface area (Å²) in [7, 11) is 0. The summed E-state index contributed by atoms with van der Waals surface area (Å²) in [5.41, 5.74) is 1.38. The molecule has 1 aliphatic heterocycles. The van der Waals surface area contributed by atoms with Crippen LogP contribution in [0, 0.1) is 10.1 Å². The molecule has 4 aromatic heterocycles. The second-order valence-corrected chi connectivity index (χ2v) is 10.4. The number of fused-ring (bicyclic) bond motifs is 1. The van der Waals surface area contributed by atoms with E-state index in [2.05, 4.69) is 19.4 Å². The van der Waals surface area contributed by atoms with Gasteiger partial charge in [-0.1, -0.05) is 4.98 Å². The predicted molar refractivity (Wildman–Crippen MR) is 150 cm³/mol. The summed E-state index contributed by atoms with van der Waals surface area (Å²) < 4.78 is 22.1. The fourth-order valence-electron chi connectivity index (χ4n) is 5.71. The molecule has 4 aromatic rings. The minimum Gasteiger partial charge on any atom is -0.481 e. The molecule has 2 aliphatic rings. The molecule has 6 rings (SSSR count). The zero-order chi connectivity index (χ0) is 28.3. The molecule has 5 heterocycles. The standard InChI is InChI=1S/C28H34N8O5/c1-3-35-25(17-31-28(35)36(37)38)19(2)40-22-14-23-24(30-16-22)15-26(33-10-12-39-13-11-33)32-27(23)41-21-6-4-20(5-7-21)34-9-8-29-18-34/h8-9,14-21H,3-7,10-13H2,1-2H3. The maximum Gasteiger partial charge on any atom is 0.434 e. The molecule has 2 fully saturated rings. The molecule has 0 aromatic carbocycles. The highest BCUT2D eigenvalue weighted by atomic mass is 16.6. The minimum absolute atomic E-state index is 0.0355. The third-order valence-corrected chi connectivity index (χ3v) is 7.88. The van der Waals surface area contributed by atoms with Gasteiger partial charge in [0.2, 0.25) is 5.88 Å². The highest BCUT2D eigenvalue weighted by Crippen LogP contribution is 2.36. The molecule has 0 bridgehead atoms. The Hall–Kier alpha value is -4.26. The van der Waals surface area contributed by atoms with Crippen LogP contribution in [0.5, 0.6) is 11.6 Å². The lowest BCUT2D eigenvalue weighted by Gasteiger charge is -2.31. The van der Waals surface area contributed by atoms with Gasteiger partial charge in [0, 0.05) is 37.6 Å². The van der Waals surface area contributed by atoms with Crippen molar-refractivity contribution >= 4 is 22.7 Å². The zero-order valence-electron chi connectivity index (χ0n) is 23.3. The average Bonchev–Trinajstić information content (AvgIpc) is 3.69. The SMILES string of the molecule is CCn1c(C(C)Oc2cnc3cc(N4CCOCC4)nc(OC4CCC(n5ccnc5)CC4)c3c2)cnc1[N+](=O)[O-]. The Bertz CT molecular complexity index is 1490. The van der Waals surface area contributed by atoms with Crippen LogP contribution in [0.25, 0.3) is 10.9 Å². The summed E-state index contributed by atoms with van der Waals surface area (Å²) in [4.78, 5) is 30.9. The number of ether oxygens (including phenoxy) is 3. The Morgan fingerprint density at radius 3 is 2.66 bits per heavy atom. The maximum atomic E-state index is 11.4. The summed E-state index contributed by atoms with van der Waals surface area (Å²) in [6.45, 7) is 6.90. The van der Waals surface area contributed by atoms with E-state index in [1.54, 1.807) is 10.8 Å². The number of aromatic nitrogens is 6. The number of morpholine rings is 1. The van der Waals surface area contributed by atoms with Gasteiger partial charge in [-0.15, -0.1) is 0 Å². The van der Waals surface area contributed by atoms with Gasteiger partial charge in [-0.2, -0.15) is 4.98 Å². The van der Waals surface area contributed by atoms with Crippen molar-refractivity contribution in [3.05, 3.63) is 59.1 Å². The first-order chi connectivity index (χ1) is 20.0. The van der Waals surface area contributed by atoms with Gasteiger partial charge < -0.3 is 33.8 Å². The lowest BCUT2D eigenvalue weighted by molar-refractivity contribution is -0.396. The van der Waals surface area contributed by atoms with Crippen molar-refractivity contribution in [2.45, 2.75) is 64.3 Å². The summed E-state index contributed by atoms with van der Waals surface area (Å²) in [6.07, 6.45) is 12.3. The van der Waals surface area contributed by atoms with Gasteiger partial charge >= 0.3 is 5.95 Å². The molecular weight excluding hydrogens is 528 g/mol. The van der Waals surface area contributed by atoms with E-state index >= 15 is 0 Å². The number of anilines is 1. The monoisotopic (exact) mass is 562 g/mol. The second-order valence-electron chi connectivity index (χ2n) is 10.4. The van der Waals surface area contributed by atoms with E-state index in [9.17, 15) is 10.1 Å². The molecule has 13 heteroatoms. The van der Waals surface area contributed by atoms with Crippen LogP contribution in [-0.4, -0.2) is 66.4 Å². The molecule has 13 nitrogen and oxygen atoms in total. The topological polar surface area (TPSA) is 135 Å². The Morgan fingerprint density at radius 2 is 1.95 bits per heavy atom. The molecule has 1 unspecified atom stereocenters. The number of hydrogen-bond acceptors (Lipinski definition) is 10. The maximum absolute atomic E-state index is 11.4. The molecule has 1 atom stereocenters. The summed E-state index contributed by atoms with van der Waals surface area (Å²) in [5, 5.41) is 12.1. The van der Waals surface area contributed by atoms with Gasteiger partial charge in [-0.3, -0.25) is 4.98 Å². The number of imidazole rings is 2. The number of pyridine rings is 2. The zero-order valence-corrected chi connectivity index (χ0v) is 23.3. The molecule has 1 saturated carbocycles. The molecule has 0 amide bonds. The summed E-state index contributed by atoms with van der Waals surface area (Å²) in [6, 6.07) is 4.30. The van der Waals surface area contributed by atoms with Crippen LogP contribution < -0.4 is 14.4 Å². The largest absolute Gasteiger partial charge is 0.481 e. The molecule has 1 aliphatic carbocycles. The lowest BCUT2D eigenvalue weighted by atomic mass is 9.93. The van der Waals surface area contributed by atoms with E-state index in [0.29, 0.717) is 43.1 Å². The molecule has 0 N–H and O–H groups in total. The van der Waals surface area contributed by atoms with Crippen LogP contribution in [0.2, 0.25) is 0 Å². The fourth-order valence-corrected chi connectivity index (χ4v) is 5.71. The van der Waals surface area contributed by atoms with Gasteiger partial charge in [-0.25, -0.2) is 9.55 Å². The fraction of sp³-hybridized carbons (Fsp3) is 0.500. The van der Waals surface area contributed by atoms with Gasteiger partial charge in [0.15, 0.2) is 11.8 Å². The predicted octanol–water partition coefficient (Wildman–Crippen LogP) is 4.49. The van der Waals surface area contributed by atoms with Gasteiger partial charge in [0.05, 0.1) is 43.2 Å². The molecule has 41 heavy (non-hydrogen) atoms. The molecule has 1 saturated heterocycles. The first-order valence-electron chi connectivity index (χ1n) is 14.1. The highest BCUT2D eigenvalue weighted by Gasteiger charge is 2.27. The van der Waals surface area contributed by atoms with Crippen LogP contribution >= 0.6 is 0 Å². The first-order valence-corrected chi connectivity index (χ1v) is 14.1. The van der Waals surface area contributed by atoms with Gasteiger partial charge in [0.1, 0.15) is 23.9 Å².